The van der Waals surface area contributed by atoms with Gasteiger partial charge in [-0.15, -0.1) is 0 Å². The highest BCUT2D eigenvalue weighted by molar-refractivity contribution is 5.15. The van der Waals surface area contributed by atoms with Gasteiger partial charge in [0.15, 0.2) is 0 Å². The van der Waals surface area contributed by atoms with Crippen molar-refractivity contribution in [2.45, 2.75) is 20.0 Å². The van der Waals surface area contributed by atoms with E-state index in [9.17, 15) is 5.11 Å². The summed E-state index contributed by atoms with van der Waals surface area (Å²) in [4.78, 5) is 3.86. The minimum absolute atomic E-state index is 0.0451. The molecule has 0 unspecified atom stereocenters. The summed E-state index contributed by atoms with van der Waals surface area (Å²) in [5, 5.41) is 18.9. The van der Waals surface area contributed by atoms with Crippen LogP contribution >= 0.6 is 0 Å². The van der Waals surface area contributed by atoms with Gasteiger partial charge in [-0.05, 0) is 17.7 Å². The Bertz CT molecular complexity index is 259. The van der Waals surface area contributed by atoms with Gasteiger partial charge in [-0.3, -0.25) is 4.98 Å². The summed E-state index contributed by atoms with van der Waals surface area (Å²) >= 11 is 0. The van der Waals surface area contributed by atoms with Gasteiger partial charge < -0.3 is 10.2 Å². The van der Waals surface area contributed by atoms with Crippen molar-refractivity contribution in [1.82, 2.24) is 4.98 Å². The first-order valence-corrected chi connectivity index (χ1v) is 4.27. The zero-order chi connectivity index (χ0) is 9.90. The van der Waals surface area contributed by atoms with Crippen LogP contribution in [0.2, 0.25) is 0 Å². The predicted octanol–water partition coefficient (Wildman–Crippen LogP) is 1.13. The molecule has 0 spiro atoms. The first-order valence-electron chi connectivity index (χ1n) is 4.27. The lowest BCUT2D eigenvalue weighted by molar-refractivity contribution is 0.00633. The standard InChI is InChI=1S/C10H15NO2/c1-10(2,7-12)9(13)8-3-5-11-6-4-8/h3-6,9,12-13H,7H2,1-2H3/t9-/m0/s1. The predicted molar refractivity (Wildman–Crippen MR) is 50.1 cm³/mol. The van der Waals surface area contributed by atoms with E-state index in [0.29, 0.717) is 0 Å². The highest BCUT2D eigenvalue weighted by Gasteiger charge is 2.27. The van der Waals surface area contributed by atoms with Crippen LogP contribution in [0, 0.1) is 5.41 Å². The molecule has 0 aliphatic heterocycles. The molecular formula is C10H15NO2. The van der Waals surface area contributed by atoms with Gasteiger partial charge in [0.1, 0.15) is 0 Å². The van der Waals surface area contributed by atoms with Crippen molar-refractivity contribution in [3.8, 4) is 0 Å². The molecule has 0 aromatic carbocycles. The van der Waals surface area contributed by atoms with Crippen molar-refractivity contribution in [3.63, 3.8) is 0 Å². The zero-order valence-electron chi connectivity index (χ0n) is 7.94. The molecule has 3 nitrogen and oxygen atoms in total. The number of rotatable bonds is 3. The third kappa shape index (κ3) is 2.26. The molecule has 13 heavy (non-hydrogen) atoms. The third-order valence-electron chi connectivity index (χ3n) is 2.17. The van der Waals surface area contributed by atoms with Gasteiger partial charge in [-0.25, -0.2) is 0 Å². The quantitative estimate of drug-likeness (QED) is 0.735. The molecule has 0 bridgehead atoms. The lowest BCUT2D eigenvalue weighted by atomic mass is 9.84. The first kappa shape index (κ1) is 10.2. The van der Waals surface area contributed by atoms with Gasteiger partial charge in [-0.2, -0.15) is 0 Å². The number of pyridine rings is 1. The second kappa shape index (κ2) is 3.85. The van der Waals surface area contributed by atoms with Crippen molar-refractivity contribution in [2.75, 3.05) is 6.61 Å². The van der Waals surface area contributed by atoms with Gasteiger partial charge in [0, 0.05) is 17.8 Å². The average Bonchev–Trinajstić information content (AvgIpc) is 2.18. The summed E-state index contributed by atoms with van der Waals surface area (Å²) < 4.78 is 0. The Balaban J connectivity index is 2.85. The number of hydrogen-bond acceptors (Lipinski definition) is 3. The summed E-state index contributed by atoms with van der Waals surface area (Å²) in [6.45, 7) is 3.59. The lowest BCUT2D eigenvalue weighted by Gasteiger charge is -2.28. The fourth-order valence-corrected chi connectivity index (χ4v) is 1.08. The first-order chi connectivity index (χ1) is 6.08. The van der Waals surface area contributed by atoms with Gasteiger partial charge >= 0.3 is 0 Å². The number of aliphatic hydroxyl groups is 2. The minimum atomic E-state index is -0.652. The van der Waals surface area contributed by atoms with Crippen LogP contribution in [0.5, 0.6) is 0 Å². The van der Waals surface area contributed by atoms with E-state index in [1.807, 2.05) is 13.8 Å². The van der Waals surface area contributed by atoms with E-state index in [0.717, 1.165) is 5.56 Å². The molecule has 2 N–H and O–H groups in total. The van der Waals surface area contributed by atoms with E-state index in [4.69, 9.17) is 5.11 Å². The summed E-state index contributed by atoms with van der Waals surface area (Å²) in [6.07, 6.45) is 2.61. The maximum Gasteiger partial charge on any atom is 0.0863 e. The minimum Gasteiger partial charge on any atom is -0.396 e. The molecule has 0 radical (unpaired) electrons. The molecule has 1 atom stereocenters. The molecule has 0 saturated heterocycles. The molecule has 1 aromatic heterocycles. The summed E-state index contributed by atoms with van der Waals surface area (Å²) in [7, 11) is 0. The van der Waals surface area contributed by atoms with E-state index in [1.165, 1.54) is 0 Å². The Kier molecular flexibility index (Phi) is 3.01. The monoisotopic (exact) mass is 181 g/mol. The summed E-state index contributed by atoms with van der Waals surface area (Å²) in [5.41, 5.74) is 0.274. The maximum absolute atomic E-state index is 9.86. The Labute approximate surface area is 78.1 Å². The fourth-order valence-electron chi connectivity index (χ4n) is 1.08. The smallest absolute Gasteiger partial charge is 0.0863 e. The topological polar surface area (TPSA) is 53.4 Å². The molecular weight excluding hydrogens is 166 g/mol. The molecule has 0 amide bonds. The molecule has 0 aliphatic rings. The van der Waals surface area contributed by atoms with Gasteiger partial charge in [-0.1, -0.05) is 13.8 Å². The van der Waals surface area contributed by atoms with Gasteiger partial charge in [0.05, 0.1) is 12.7 Å². The molecule has 1 aromatic rings. The fraction of sp³-hybridized carbons (Fsp3) is 0.500. The molecule has 72 valence electrons. The van der Waals surface area contributed by atoms with Crippen LogP contribution in [0.25, 0.3) is 0 Å². The highest BCUT2D eigenvalue weighted by Crippen LogP contribution is 2.31. The van der Waals surface area contributed by atoms with Crippen molar-refractivity contribution >= 4 is 0 Å². The van der Waals surface area contributed by atoms with Crippen LogP contribution in [0.4, 0.5) is 0 Å². The normalized spacial score (nSPS) is 14.2. The van der Waals surface area contributed by atoms with Crippen LogP contribution in [0.3, 0.4) is 0 Å². The summed E-state index contributed by atoms with van der Waals surface area (Å²) in [6, 6.07) is 3.50. The molecule has 1 rings (SSSR count). The molecule has 1 heterocycles. The third-order valence-corrected chi connectivity index (χ3v) is 2.17. The largest absolute Gasteiger partial charge is 0.396 e. The van der Waals surface area contributed by atoms with Gasteiger partial charge in [0.25, 0.3) is 0 Å². The Morgan fingerprint density at radius 3 is 2.38 bits per heavy atom. The van der Waals surface area contributed by atoms with E-state index >= 15 is 0 Å². The van der Waals surface area contributed by atoms with Crippen LogP contribution < -0.4 is 0 Å². The molecule has 0 saturated carbocycles. The average molecular weight is 181 g/mol. The second-order valence-corrected chi connectivity index (χ2v) is 3.83. The van der Waals surface area contributed by atoms with E-state index < -0.39 is 11.5 Å². The van der Waals surface area contributed by atoms with E-state index in [2.05, 4.69) is 4.98 Å². The lowest BCUT2D eigenvalue weighted by Crippen LogP contribution is -2.25. The Hall–Kier alpha value is -0.930. The van der Waals surface area contributed by atoms with Crippen LogP contribution in [0.1, 0.15) is 25.5 Å². The van der Waals surface area contributed by atoms with E-state index in [-0.39, 0.29) is 6.61 Å². The number of nitrogens with zero attached hydrogens (tertiary/aromatic N) is 1. The van der Waals surface area contributed by atoms with Crippen LogP contribution in [-0.4, -0.2) is 21.8 Å². The van der Waals surface area contributed by atoms with Crippen LogP contribution in [-0.2, 0) is 0 Å². The zero-order valence-corrected chi connectivity index (χ0v) is 7.94. The van der Waals surface area contributed by atoms with Crippen molar-refractivity contribution in [3.05, 3.63) is 30.1 Å². The molecule has 0 aliphatic carbocycles. The van der Waals surface area contributed by atoms with E-state index in [1.54, 1.807) is 24.5 Å². The molecule has 3 heteroatoms. The van der Waals surface area contributed by atoms with Crippen molar-refractivity contribution < 1.29 is 10.2 Å². The Morgan fingerprint density at radius 1 is 1.38 bits per heavy atom. The number of aliphatic hydroxyl groups excluding tert-OH is 2. The highest BCUT2D eigenvalue weighted by atomic mass is 16.3. The van der Waals surface area contributed by atoms with Crippen LogP contribution in [0.15, 0.2) is 24.5 Å². The van der Waals surface area contributed by atoms with Crippen molar-refractivity contribution in [1.29, 1.82) is 0 Å². The number of aromatic nitrogens is 1. The van der Waals surface area contributed by atoms with Gasteiger partial charge in [0.2, 0.25) is 0 Å². The second-order valence-electron chi connectivity index (χ2n) is 3.83. The maximum atomic E-state index is 9.86. The number of hydrogen-bond donors (Lipinski definition) is 2. The SMILES string of the molecule is CC(C)(CO)[C@@H](O)c1ccncc1. The summed E-state index contributed by atoms with van der Waals surface area (Å²) in [5.74, 6) is 0. The molecule has 0 fully saturated rings. The Morgan fingerprint density at radius 2 is 1.92 bits per heavy atom. The van der Waals surface area contributed by atoms with Crippen molar-refractivity contribution in [2.24, 2.45) is 5.41 Å².